The van der Waals surface area contributed by atoms with Crippen LogP contribution in [0.4, 0.5) is 8.78 Å². The fourth-order valence-electron chi connectivity index (χ4n) is 7.28. The third-order valence-corrected chi connectivity index (χ3v) is 9.04. The molecule has 5 heteroatoms. The molecule has 0 spiro atoms. The fourth-order valence-corrected chi connectivity index (χ4v) is 7.28. The lowest BCUT2D eigenvalue weighted by molar-refractivity contribution is -0.0280. The van der Waals surface area contributed by atoms with Crippen molar-refractivity contribution in [3.05, 3.63) is 23.3 Å². The number of nitrogens with zero attached hydrogens (tertiary/aromatic N) is 1. The largest absolute Gasteiger partial charge is 0.393 e. The van der Waals surface area contributed by atoms with Gasteiger partial charge < -0.3 is 15.1 Å². The van der Waals surface area contributed by atoms with Crippen LogP contribution in [0.15, 0.2) is 23.3 Å². The van der Waals surface area contributed by atoms with Crippen molar-refractivity contribution < 1.29 is 19.0 Å². The first-order valence-corrected chi connectivity index (χ1v) is 12.5. The molecule has 4 aliphatic rings. The van der Waals surface area contributed by atoms with Crippen molar-refractivity contribution in [1.82, 2.24) is 4.90 Å². The number of halogens is 2. The van der Waals surface area contributed by atoms with Gasteiger partial charge in [-0.3, -0.25) is 0 Å². The average molecular weight is 438 g/mol. The molecule has 6 atom stereocenters. The fraction of sp³-hybridized carbons (Fsp3) is 0.846. The van der Waals surface area contributed by atoms with E-state index in [1.54, 1.807) is 5.57 Å². The smallest absolute Gasteiger partial charge is 0.243 e. The summed E-state index contributed by atoms with van der Waals surface area (Å²) in [7, 11) is 0. The standard InChI is InChI=1S/C26H41F2NO2/c1-17(9-11-29-15-20(16-29)25(27)28)23-7-8-24-19(4-3-10-26(23,24)2)6-5-18-12-21(30)14-22(31)13-18/h5-6,17,20-25,30-31H,3-4,7-16H2,1-2H3/b19-6+/t17-,21-,22-,23-,24+,26-/m1/s1. The maximum absolute atomic E-state index is 12.7. The molecule has 31 heavy (non-hydrogen) atoms. The minimum Gasteiger partial charge on any atom is -0.393 e. The molecular formula is C26H41F2NO2. The molecular weight excluding hydrogens is 396 g/mol. The van der Waals surface area contributed by atoms with Gasteiger partial charge in [0, 0.05) is 19.0 Å². The highest BCUT2D eigenvalue weighted by atomic mass is 19.3. The maximum atomic E-state index is 12.7. The van der Waals surface area contributed by atoms with Crippen molar-refractivity contribution in [2.24, 2.45) is 29.1 Å². The lowest BCUT2D eigenvalue weighted by Gasteiger charge is -2.45. The lowest BCUT2D eigenvalue weighted by Crippen LogP contribution is -2.50. The summed E-state index contributed by atoms with van der Waals surface area (Å²) in [6.07, 6.45) is 10.7. The second-order valence-electron chi connectivity index (χ2n) is 11.2. The molecule has 0 bridgehead atoms. The minimum atomic E-state index is -2.16. The topological polar surface area (TPSA) is 43.7 Å². The average Bonchev–Trinajstić information content (AvgIpc) is 3.01. The van der Waals surface area contributed by atoms with Gasteiger partial charge >= 0.3 is 0 Å². The van der Waals surface area contributed by atoms with Crippen LogP contribution in [0.3, 0.4) is 0 Å². The van der Waals surface area contributed by atoms with Gasteiger partial charge in [-0.15, -0.1) is 0 Å². The Kier molecular flexibility index (Phi) is 7.24. The van der Waals surface area contributed by atoms with E-state index in [-0.39, 0.29) is 0 Å². The summed E-state index contributed by atoms with van der Waals surface area (Å²) in [6.45, 7) is 6.98. The number of rotatable bonds is 6. The number of alkyl halides is 2. The Labute approximate surface area is 186 Å². The van der Waals surface area contributed by atoms with Gasteiger partial charge in [0.15, 0.2) is 0 Å². The second kappa shape index (κ2) is 9.61. The third kappa shape index (κ3) is 5.09. The molecule has 0 amide bonds. The molecule has 0 aromatic heterocycles. The molecule has 1 saturated heterocycles. The van der Waals surface area contributed by atoms with E-state index in [1.807, 2.05) is 0 Å². The Morgan fingerprint density at radius 3 is 2.52 bits per heavy atom. The minimum absolute atomic E-state index is 0.341. The lowest BCUT2D eigenvalue weighted by atomic mass is 9.61. The van der Waals surface area contributed by atoms with E-state index in [0.717, 1.165) is 13.0 Å². The number of hydrogen-bond donors (Lipinski definition) is 2. The predicted molar refractivity (Wildman–Crippen MR) is 120 cm³/mol. The zero-order valence-electron chi connectivity index (χ0n) is 19.3. The van der Waals surface area contributed by atoms with Gasteiger partial charge in [0.1, 0.15) is 0 Å². The number of fused-ring (bicyclic) bond motifs is 1. The van der Waals surface area contributed by atoms with Crippen LogP contribution in [0.1, 0.15) is 71.6 Å². The first kappa shape index (κ1) is 23.4. The van der Waals surface area contributed by atoms with Crippen LogP contribution in [-0.2, 0) is 0 Å². The monoisotopic (exact) mass is 437 g/mol. The Morgan fingerprint density at radius 2 is 1.84 bits per heavy atom. The summed E-state index contributed by atoms with van der Waals surface area (Å²) in [6, 6.07) is 0. The Bertz CT molecular complexity index is 675. The Morgan fingerprint density at radius 1 is 1.13 bits per heavy atom. The molecule has 4 rings (SSSR count). The highest BCUT2D eigenvalue weighted by molar-refractivity contribution is 5.26. The first-order valence-electron chi connectivity index (χ1n) is 12.5. The molecule has 3 saturated carbocycles. The molecule has 0 radical (unpaired) electrons. The number of aliphatic hydroxyl groups is 2. The summed E-state index contributed by atoms with van der Waals surface area (Å²) < 4.78 is 25.5. The van der Waals surface area contributed by atoms with Gasteiger partial charge in [-0.05, 0) is 87.5 Å². The molecule has 3 aliphatic carbocycles. The Balaban J connectivity index is 1.36. The van der Waals surface area contributed by atoms with Crippen LogP contribution in [0.2, 0.25) is 0 Å². The van der Waals surface area contributed by atoms with Gasteiger partial charge in [-0.1, -0.05) is 37.1 Å². The van der Waals surface area contributed by atoms with E-state index in [0.29, 0.717) is 55.5 Å². The summed E-state index contributed by atoms with van der Waals surface area (Å²) in [4.78, 5) is 2.20. The highest BCUT2D eigenvalue weighted by Gasteiger charge is 2.50. The normalized spacial score (nSPS) is 39.6. The quantitative estimate of drug-likeness (QED) is 0.601. The molecule has 0 aromatic carbocycles. The van der Waals surface area contributed by atoms with Crippen LogP contribution in [0.5, 0.6) is 0 Å². The summed E-state index contributed by atoms with van der Waals surface area (Å²) in [5.41, 5.74) is 3.08. The van der Waals surface area contributed by atoms with Crippen LogP contribution in [0, 0.1) is 29.1 Å². The van der Waals surface area contributed by atoms with E-state index in [9.17, 15) is 19.0 Å². The second-order valence-corrected chi connectivity index (χ2v) is 11.2. The van der Waals surface area contributed by atoms with Crippen LogP contribution in [0.25, 0.3) is 0 Å². The van der Waals surface area contributed by atoms with Gasteiger partial charge in [0.2, 0.25) is 6.43 Å². The van der Waals surface area contributed by atoms with E-state index in [4.69, 9.17) is 0 Å². The zero-order valence-corrected chi connectivity index (χ0v) is 19.3. The molecule has 1 aliphatic heterocycles. The van der Waals surface area contributed by atoms with Crippen molar-refractivity contribution in [2.45, 2.75) is 90.3 Å². The number of allylic oxidation sites excluding steroid dienone is 3. The highest BCUT2D eigenvalue weighted by Crippen LogP contribution is 2.59. The van der Waals surface area contributed by atoms with Gasteiger partial charge in [-0.2, -0.15) is 0 Å². The SMILES string of the molecule is C[C@H](CCN1CC(C(F)F)C1)[C@H]1CC[C@H]2/C(=C/C=C3C[C@@H](O)C[C@H](O)C3)CCC[C@]12C. The van der Waals surface area contributed by atoms with E-state index < -0.39 is 24.6 Å². The predicted octanol–water partition coefficient (Wildman–Crippen LogP) is 5.18. The van der Waals surface area contributed by atoms with Crippen molar-refractivity contribution in [1.29, 1.82) is 0 Å². The van der Waals surface area contributed by atoms with Crippen LogP contribution < -0.4 is 0 Å². The number of likely N-dealkylation sites (tertiary alicyclic amines) is 1. The molecule has 0 aromatic rings. The molecule has 4 fully saturated rings. The van der Waals surface area contributed by atoms with Gasteiger partial charge in [-0.25, -0.2) is 8.78 Å². The molecule has 3 nitrogen and oxygen atoms in total. The van der Waals surface area contributed by atoms with Gasteiger partial charge in [0.25, 0.3) is 0 Å². The first-order chi connectivity index (χ1) is 14.8. The van der Waals surface area contributed by atoms with Crippen molar-refractivity contribution in [2.75, 3.05) is 19.6 Å². The maximum Gasteiger partial charge on any atom is 0.243 e. The molecule has 176 valence electrons. The van der Waals surface area contributed by atoms with Crippen molar-refractivity contribution in [3.8, 4) is 0 Å². The van der Waals surface area contributed by atoms with Crippen LogP contribution in [-0.4, -0.2) is 53.4 Å². The molecule has 2 N–H and O–H groups in total. The third-order valence-electron chi connectivity index (χ3n) is 9.04. The van der Waals surface area contributed by atoms with E-state index >= 15 is 0 Å². The molecule has 0 unspecified atom stereocenters. The Hall–Kier alpha value is -0.780. The summed E-state index contributed by atoms with van der Waals surface area (Å²) >= 11 is 0. The van der Waals surface area contributed by atoms with Gasteiger partial charge in [0.05, 0.1) is 12.2 Å². The molecule has 1 heterocycles. The van der Waals surface area contributed by atoms with Crippen molar-refractivity contribution in [3.63, 3.8) is 0 Å². The van der Waals surface area contributed by atoms with Crippen molar-refractivity contribution >= 4 is 0 Å². The number of hydrogen-bond acceptors (Lipinski definition) is 3. The zero-order chi connectivity index (χ0) is 22.2. The van der Waals surface area contributed by atoms with E-state index in [1.165, 1.54) is 37.7 Å². The summed E-state index contributed by atoms with van der Waals surface area (Å²) in [5, 5.41) is 19.9. The summed E-state index contributed by atoms with van der Waals surface area (Å²) in [5.74, 6) is 1.56. The van der Waals surface area contributed by atoms with Crippen LogP contribution >= 0.6 is 0 Å². The van der Waals surface area contributed by atoms with E-state index in [2.05, 4.69) is 30.9 Å². The number of aliphatic hydroxyl groups excluding tert-OH is 2.